The average Bonchev–Trinajstić information content (AvgIpc) is 3.17. The summed E-state index contributed by atoms with van der Waals surface area (Å²) in [6.07, 6.45) is 0. The van der Waals surface area contributed by atoms with E-state index in [1.807, 2.05) is 42.5 Å². The maximum absolute atomic E-state index is 9.34. The van der Waals surface area contributed by atoms with Crippen molar-refractivity contribution in [3.63, 3.8) is 0 Å². The molecule has 0 radical (unpaired) electrons. The van der Waals surface area contributed by atoms with Gasteiger partial charge < -0.3 is 14.6 Å². The quantitative estimate of drug-likeness (QED) is 0.269. The summed E-state index contributed by atoms with van der Waals surface area (Å²) in [6, 6.07) is 14.0. The van der Waals surface area contributed by atoms with Gasteiger partial charge in [-0.1, -0.05) is 78.4 Å². The van der Waals surface area contributed by atoms with Crippen molar-refractivity contribution in [1.82, 2.24) is 15.0 Å². The zero-order chi connectivity index (χ0) is 18.4. The Morgan fingerprint density at radius 3 is 2.63 bits per heavy atom. The molecular weight excluding hydrogens is 384 g/mol. The van der Waals surface area contributed by atoms with Crippen LogP contribution in [0.4, 0.5) is 0 Å². The van der Waals surface area contributed by atoms with Crippen molar-refractivity contribution in [3.8, 4) is 11.4 Å². The molecule has 0 atom stereocenters. The molecule has 0 spiro atoms. The van der Waals surface area contributed by atoms with E-state index < -0.39 is 0 Å². The molecule has 6 nitrogen and oxygen atoms in total. The maximum atomic E-state index is 9.34. The van der Waals surface area contributed by atoms with Crippen molar-refractivity contribution in [2.24, 2.45) is 5.16 Å². The minimum Gasteiger partial charge on any atom is -0.410 e. The molecule has 3 aromatic rings. The molecule has 0 unspecified atom stereocenters. The fourth-order valence-corrected chi connectivity index (χ4v) is 3.59. The highest BCUT2D eigenvalue weighted by Gasteiger charge is 2.17. The number of oxime groups is 1. The van der Waals surface area contributed by atoms with E-state index in [4.69, 9.17) is 4.52 Å². The van der Waals surface area contributed by atoms with Crippen LogP contribution < -0.4 is 0 Å². The molecule has 2 aromatic carbocycles. The lowest BCUT2D eigenvalue weighted by molar-refractivity contribution is 0.317. The van der Waals surface area contributed by atoms with Crippen molar-refractivity contribution in [2.75, 3.05) is 25.4 Å². The van der Waals surface area contributed by atoms with E-state index in [-0.39, 0.29) is 18.3 Å². The molecule has 3 rings (SSSR count). The van der Waals surface area contributed by atoms with Crippen molar-refractivity contribution < 1.29 is 9.73 Å². The molecule has 0 aliphatic rings. The lowest BCUT2D eigenvalue weighted by Crippen LogP contribution is -2.25. The zero-order valence-electron chi connectivity index (χ0n) is 15.3. The predicted octanol–water partition coefficient (Wildman–Crippen LogP) is 4.52. The van der Waals surface area contributed by atoms with Crippen LogP contribution in [0.5, 0.6) is 0 Å². The molecule has 1 heterocycles. The van der Waals surface area contributed by atoms with Gasteiger partial charge >= 0.3 is 0 Å². The SMILES string of the molecule is CCN(CC)CCSC(=NO)c1nc(-c2cccc3ccccc23)no1.Cl. The fourth-order valence-electron chi connectivity index (χ4n) is 2.78. The first kappa shape index (κ1) is 21.2. The van der Waals surface area contributed by atoms with Crippen LogP contribution in [0.1, 0.15) is 19.7 Å². The monoisotopic (exact) mass is 406 g/mol. The lowest BCUT2D eigenvalue weighted by atomic mass is 10.0. The van der Waals surface area contributed by atoms with Gasteiger partial charge in [0.2, 0.25) is 10.9 Å². The summed E-state index contributed by atoms with van der Waals surface area (Å²) in [7, 11) is 0. The summed E-state index contributed by atoms with van der Waals surface area (Å²) < 4.78 is 5.34. The minimum absolute atomic E-state index is 0. The van der Waals surface area contributed by atoms with Crippen LogP contribution in [-0.4, -0.2) is 50.7 Å². The van der Waals surface area contributed by atoms with Gasteiger partial charge in [0.25, 0.3) is 5.89 Å². The number of thioether (sulfide) groups is 1. The first-order chi connectivity index (χ1) is 12.8. The van der Waals surface area contributed by atoms with Crippen molar-refractivity contribution in [2.45, 2.75) is 13.8 Å². The third kappa shape index (κ3) is 5.00. The van der Waals surface area contributed by atoms with E-state index in [0.29, 0.717) is 10.9 Å². The molecule has 144 valence electrons. The largest absolute Gasteiger partial charge is 0.410 e. The molecular formula is C19H23ClN4O2S. The number of fused-ring (bicyclic) bond motifs is 1. The van der Waals surface area contributed by atoms with Gasteiger partial charge in [-0.05, 0) is 23.9 Å². The highest BCUT2D eigenvalue weighted by molar-refractivity contribution is 8.14. The van der Waals surface area contributed by atoms with Crippen molar-refractivity contribution in [3.05, 3.63) is 48.4 Å². The molecule has 0 amide bonds. The molecule has 1 aromatic heterocycles. The summed E-state index contributed by atoms with van der Waals surface area (Å²) in [5.41, 5.74) is 0.892. The van der Waals surface area contributed by atoms with E-state index in [9.17, 15) is 5.21 Å². The number of hydrogen-bond acceptors (Lipinski definition) is 7. The minimum atomic E-state index is 0. The number of benzene rings is 2. The Bertz CT molecular complexity index is 891. The van der Waals surface area contributed by atoms with Crippen LogP contribution in [0, 0.1) is 0 Å². The lowest BCUT2D eigenvalue weighted by Gasteiger charge is -2.16. The van der Waals surface area contributed by atoms with E-state index in [1.54, 1.807) is 0 Å². The van der Waals surface area contributed by atoms with Crippen LogP contribution in [0.3, 0.4) is 0 Å². The smallest absolute Gasteiger partial charge is 0.286 e. The first-order valence-electron chi connectivity index (χ1n) is 8.66. The topological polar surface area (TPSA) is 74.8 Å². The van der Waals surface area contributed by atoms with Crippen molar-refractivity contribution in [1.29, 1.82) is 0 Å². The molecule has 1 N–H and O–H groups in total. The third-order valence-electron chi connectivity index (χ3n) is 4.27. The van der Waals surface area contributed by atoms with Crippen LogP contribution >= 0.6 is 24.2 Å². The van der Waals surface area contributed by atoms with Gasteiger partial charge in [-0.2, -0.15) is 4.98 Å². The Labute approximate surface area is 169 Å². The van der Waals surface area contributed by atoms with Gasteiger partial charge in [0, 0.05) is 17.9 Å². The number of hydrogen-bond donors (Lipinski definition) is 1. The highest BCUT2D eigenvalue weighted by Crippen LogP contribution is 2.27. The molecule has 0 aliphatic carbocycles. The Morgan fingerprint density at radius 1 is 1.15 bits per heavy atom. The van der Waals surface area contributed by atoms with Gasteiger partial charge in [0.15, 0.2) is 0 Å². The van der Waals surface area contributed by atoms with E-state index in [0.717, 1.165) is 41.7 Å². The number of aromatic nitrogens is 2. The van der Waals surface area contributed by atoms with Gasteiger partial charge in [-0.3, -0.25) is 0 Å². The second-order valence-corrected chi connectivity index (χ2v) is 6.81. The van der Waals surface area contributed by atoms with Crippen LogP contribution in [0.15, 0.2) is 52.1 Å². The van der Waals surface area contributed by atoms with E-state index >= 15 is 0 Å². The van der Waals surface area contributed by atoms with Crippen LogP contribution in [0.25, 0.3) is 22.2 Å². The zero-order valence-corrected chi connectivity index (χ0v) is 17.0. The summed E-state index contributed by atoms with van der Waals surface area (Å²) in [6.45, 7) is 7.15. The highest BCUT2D eigenvalue weighted by atomic mass is 35.5. The normalized spacial score (nSPS) is 11.7. The maximum Gasteiger partial charge on any atom is 0.286 e. The van der Waals surface area contributed by atoms with E-state index in [2.05, 4.69) is 34.0 Å². The van der Waals surface area contributed by atoms with Crippen LogP contribution in [-0.2, 0) is 0 Å². The molecule has 0 saturated carbocycles. The van der Waals surface area contributed by atoms with Crippen LogP contribution in [0.2, 0.25) is 0 Å². The molecule has 0 aliphatic heterocycles. The number of rotatable bonds is 7. The summed E-state index contributed by atoms with van der Waals surface area (Å²) in [4.78, 5) is 6.74. The molecule has 0 saturated heterocycles. The number of halogens is 1. The van der Waals surface area contributed by atoms with Gasteiger partial charge in [-0.25, -0.2) is 0 Å². The molecule has 27 heavy (non-hydrogen) atoms. The second-order valence-electron chi connectivity index (χ2n) is 5.73. The van der Waals surface area contributed by atoms with Gasteiger partial charge in [0.1, 0.15) is 0 Å². The first-order valence-corrected chi connectivity index (χ1v) is 9.64. The fraction of sp³-hybridized carbons (Fsp3) is 0.316. The summed E-state index contributed by atoms with van der Waals surface area (Å²) in [5, 5.41) is 19.3. The Morgan fingerprint density at radius 2 is 1.89 bits per heavy atom. The third-order valence-corrected chi connectivity index (χ3v) is 5.19. The molecule has 0 fully saturated rings. The molecule has 8 heteroatoms. The standard InChI is InChI=1S/C19H22N4O2S.ClH/c1-3-23(4-2)12-13-26-19(21-24)18-20-17(22-25-18)16-11-7-9-14-8-5-6-10-15(14)16;/h5-11,24H,3-4,12-13H2,1-2H3;1H. The van der Waals surface area contributed by atoms with Crippen molar-refractivity contribution >= 4 is 40.0 Å². The van der Waals surface area contributed by atoms with E-state index in [1.165, 1.54) is 11.8 Å². The average molecular weight is 407 g/mol. The Hall–Kier alpha value is -2.09. The second kappa shape index (κ2) is 10.3. The molecule has 0 bridgehead atoms. The Balaban J connectivity index is 0.00000261. The van der Waals surface area contributed by atoms with Gasteiger partial charge in [-0.15, -0.1) is 12.4 Å². The number of nitrogens with zero attached hydrogens (tertiary/aromatic N) is 4. The van der Waals surface area contributed by atoms with Gasteiger partial charge in [0.05, 0.1) is 0 Å². The predicted molar refractivity (Wildman–Crippen MR) is 113 cm³/mol. The summed E-state index contributed by atoms with van der Waals surface area (Å²) in [5.74, 6) is 1.51. The summed E-state index contributed by atoms with van der Waals surface area (Å²) >= 11 is 1.41. The Kier molecular flexibility index (Phi) is 8.09.